The van der Waals surface area contributed by atoms with Gasteiger partial charge in [-0.15, -0.1) is 10.2 Å². The molecule has 0 spiro atoms. The number of aryl methyl sites for hydroxylation is 4. The van der Waals surface area contributed by atoms with Gasteiger partial charge in [0, 0.05) is 11.4 Å². The highest BCUT2D eigenvalue weighted by Gasteiger charge is 2.21. The Kier molecular flexibility index (Phi) is 5.22. The van der Waals surface area contributed by atoms with Crippen LogP contribution in [-0.4, -0.2) is 35.8 Å². The number of hydrogen-bond donors (Lipinski definition) is 2. The first-order valence-electron chi connectivity index (χ1n) is 8.55. The first-order chi connectivity index (χ1) is 12.8. The molecule has 0 saturated carbocycles. The molecule has 0 aliphatic rings. The molecule has 0 aliphatic heterocycles. The molecule has 3 rings (SSSR count). The summed E-state index contributed by atoms with van der Waals surface area (Å²) >= 11 is 1.25. The fourth-order valence-electron chi connectivity index (χ4n) is 2.64. The van der Waals surface area contributed by atoms with E-state index >= 15 is 0 Å². The van der Waals surface area contributed by atoms with Crippen molar-refractivity contribution in [2.75, 3.05) is 11.2 Å². The summed E-state index contributed by atoms with van der Waals surface area (Å²) in [5.74, 6) is 6.42. The van der Waals surface area contributed by atoms with Crippen molar-refractivity contribution in [3.63, 3.8) is 0 Å². The highest BCUT2D eigenvalue weighted by Crippen LogP contribution is 2.24. The van der Waals surface area contributed by atoms with Gasteiger partial charge in [0.25, 0.3) is 5.95 Å². The second-order valence-corrected chi connectivity index (χ2v) is 7.87. The van der Waals surface area contributed by atoms with E-state index in [1.807, 2.05) is 58.9 Å². The van der Waals surface area contributed by atoms with Gasteiger partial charge in [0.2, 0.25) is 11.1 Å². The number of anilines is 1. The number of aromatic nitrogens is 5. The zero-order valence-corrected chi connectivity index (χ0v) is 16.8. The predicted octanol–water partition coefficient (Wildman–Crippen LogP) is 2.53. The minimum Gasteiger partial charge on any atom is -0.334 e. The Bertz CT molecular complexity index is 992. The van der Waals surface area contributed by atoms with Crippen LogP contribution in [0.4, 0.5) is 5.69 Å². The third-order valence-electron chi connectivity index (χ3n) is 4.15. The maximum atomic E-state index is 12.6. The minimum atomic E-state index is -0.398. The molecule has 3 N–H and O–H groups in total. The van der Waals surface area contributed by atoms with Crippen molar-refractivity contribution in [3.8, 4) is 5.95 Å². The summed E-state index contributed by atoms with van der Waals surface area (Å²) in [5.41, 5.74) is 4.69. The Morgan fingerprint density at radius 2 is 1.93 bits per heavy atom. The summed E-state index contributed by atoms with van der Waals surface area (Å²) in [5, 5.41) is 15.6. The molecule has 142 valence electrons. The number of nitrogens with one attached hydrogen (secondary N) is 1. The summed E-state index contributed by atoms with van der Waals surface area (Å²) in [6.45, 7) is 9.58. The number of amides is 1. The van der Waals surface area contributed by atoms with E-state index in [2.05, 4.69) is 20.6 Å². The Labute approximate surface area is 162 Å². The zero-order chi connectivity index (χ0) is 19.7. The molecule has 8 nitrogen and oxygen atoms in total. The molecule has 0 bridgehead atoms. The maximum absolute atomic E-state index is 12.6. The first kappa shape index (κ1) is 19.0. The van der Waals surface area contributed by atoms with Gasteiger partial charge in [-0.05, 0) is 57.9 Å². The van der Waals surface area contributed by atoms with E-state index in [0.29, 0.717) is 11.1 Å². The topological polar surface area (TPSA) is 104 Å². The predicted molar refractivity (Wildman–Crippen MR) is 107 cm³/mol. The lowest BCUT2D eigenvalue weighted by atomic mass is 10.1. The number of benzene rings is 1. The molecule has 0 aliphatic carbocycles. The van der Waals surface area contributed by atoms with Crippen molar-refractivity contribution < 1.29 is 4.79 Å². The number of carbonyl (C=O) groups excluding carboxylic acids is 1. The van der Waals surface area contributed by atoms with Gasteiger partial charge in [0.1, 0.15) is 0 Å². The van der Waals surface area contributed by atoms with E-state index in [9.17, 15) is 4.79 Å². The fraction of sp³-hybridized carbons (Fsp3) is 0.333. The van der Waals surface area contributed by atoms with E-state index in [1.54, 1.807) is 4.68 Å². The van der Waals surface area contributed by atoms with Gasteiger partial charge in [0.15, 0.2) is 0 Å². The normalized spacial score (nSPS) is 12.2. The number of carbonyl (C=O) groups is 1. The Balaban J connectivity index is 1.74. The lowest BCUT2D eigenvalue weighted by Gasteiger charge is -2.13. The molecule has 2 aromatic heterocycles. The molecule has 0 unspecified atom stereocenters. The van der Waals surface area contributed by atoms with E-state index in [-0.39, 0.29) is 5.91 Å². The molecule has 0 saturated heterocycles. The minimum absolute atomic E-state index is 0.121. The van der Waals surface area contributed by atoms with Crippen molar-refractivity contribution in [1.29, 1.82) is 0 Å². The number of rotatable bonds is 5. The Hall–Kier alpha value is -2.81. The van der Waals surface area contributed by atoms with Gasteiger partial charge in [-0.1, -0.05) is 23.9 Å². The smallest absolute Gasteiger partial charge is 0.271 e. The molecule has 27 heavy (non-hydrogen) atoms. The Morgan fingerprint density at radius 3 is 2.59 bits per heavy atom. The van der Waals surface area contributed by atoms with Crippen LogP contribution in [0.1, 0.15) is 29.4 Å². The molecule has 0 fully saturated rings. The summed E-state index contributed by atoms with van der Waals surface area (Å²) in [4.78, 5) is 12.6. The third-order valence-corrected chi connectivity index (χ3v) is 5.20. The van der Waals surface area contributed by atoms with E-state index in [0.717, 1.165) is 28.2 Å². The van der Waals surface area contributed by atoms with Crippen LogP contribution in [0.25, 0.3) is 5.95 Å². The molecule has 2 heterocycles. The summed E-state index contributed by atoms with van der Waals surface area (Å²) < 4.78 is 2.99. The van der Waals surface area contributed by atoms with Crippen LogP contribution in [0.2, 0.25) is 0 Å². The summed E-state index contributed by atoms with van der Waals surface area (Å²) in [7, 11) is 0. The van der Waals surface area contributed by atoms with Gasteiger partial charge >= 0.3 is 0 Å². The molecule has 1 amide bonds. The van der Waals surface area contributed by atoms with Crippen LogP contribution in [0, 0.1) is 27.7 Å². The third kappa shape index (κ3) is 3.97. The monoisotopic (exact) mass is 385 g/mol. The lowest BCUT2D eigenvalue weighted by molar-refractivity contribution is -0.115. The second-order valence-electron chi connectivity index (χ2n) is 6.56. The van der Waals surface area contributed by atoms with Gasteiger partial charge < -0.3 is 11.2 Å². The van der Waals surface area contributed by atoms with Crippen molar-refractivity contribution in [3.05, 3.63) is 46.8 Å². The average Bonchev–Trinajstić information content (AvgIpc) is 3.12. The lowest BCUT2D eigenvalue weighted by Crippen LogP contribution is -2.24. The molecule has 0 radical (unpaired) electrons. The van der Waals surface area contributed by atoms with Crippen LogP contribution in [0.3, 0.4) is 0 Å². The second kappa shape index (κ2) is 7.43. The van der Waals surface area contributed by atoms with Crippen molar-refractivity contribution >= 4 is 23.4 Å². The van der Waals surface area contributed by atoms with Crippen molar-refractivity contribution in [2.24, 2.45) is 0 Å². The van der Waals surface area contributed by atoms with Crippen molar-refractivity contribution in [1.82, 2.24) is 24.7 Å². The molecular weight excluding hydrogens is 362 g/mol. The SMILES string of the molecule is Cc1ccc(C)c(NC(=O)[C@@H](C)Sc2nnc(-n3nc(C)cc3C)n2N)c1. The highest BCUT2D eigenvalue weighted by molar-refractivity contribution is 8.00. The molecule has 1 atom stereocenters. The van der Waals surface area contributed by atoms with Crippen LogP contribution in [0.15, 0.2) is 29.4 Å². The van der Waals surface area contributed by atoms with Crippen LogP contribution < -0.4 is 11.2 Å². The van der Waals surface area contributed by atoms with E-state index in [1.165, 1.54) is 16.4 Å². The summed E-state index contributed by atoms with van der Waals surface area (Å²) in [6.07, 6.45) is 0. The number of thioether (sulfide) groups is 1. The number of nitrogens with two attached hydrogens (primary N) is 1. The summed E-state index contributed by atoms with van der Waals surface area (Å²) in [6, 6.07) is 7.89. The van der Waals surface area contributed by atoms with E-state index in [4.69, 9.17) is 5.84 Å². The van der Waals surface area contributed by atoms with Gasteiger partial charge in [-0.25, -0.2) is 9.36 Å². The van der Waals surface area contributed by atoms with Crippen LogP contribution >= 0.6 is 11.8 Å². The Morgan fingerprint density at radius 1 is 1.19 bits per heavy atom. The van der Waals surface area contributed by atoms with Gasteiger partial charge in [0.05, 0.1) is 10.9 Å². The number of hydrogen-bond acceptors (Lipinski definition) is 6. The molecule has 9 heteroatoms. The number of nitrogen functional groups attached to an aromatic ring is 1. The quantitative estimate of drug-likeness (QED) is 0.517. The number of nitrogens with zero attached hydrogens (tertiary/aromatic N) is 5. The first-order valence-corrected chi connectivity index (χ1v) is 9.43. The molecule has 3 aromatic rings. The molecular formula is C18H23N7OS. The highest BCUT2D eigenvalue weighted by atomic mass is 32.2. The maximum Gasteiger partial charge on any atom is 0.271 e. The van der Waals surface area contributed by atoms with Gasteiger partial charge in [-0.3, -0.25) is 4.79 Å². The van der Waals surface area contributed by atoms with Crippen LogP contribution in [-0.2, 0) is 4.79 Å². The van der Waals surface area contributed by atoms with Crippen LogP contribution in [0.5, 0.6) is 0 Å². The van der Waals surface area contributed by atoms with E-state index < -0.39 is 5.25 Å². The van der Waals surface area contributed by atoms with Crippen molar-refractivity contribution in [2.45, 2.75) is 45.0 Å². The molecule has 1 aromatic carbocycles. The average molecular weight is 385 g/mol. The largest absolute Gasteiger partial charge is 0.334 e. The van der Waals surface area contributed by atoms with Gasteiger partial charge in [-0.2, -0.15) is 5.10 Å². The fourth-order valence-corrected chi connectivity index (χ4v) is 3.41. The standard InChI is InChI=1S/C18H23N7OS/c1-10-6-7-11(2)15(8-10)20-16(26)14(5)27-18-22-21-17(24(18)19)25-13(4)9-12(3)23-25/h6-9,14H,19H2,1-5H3,(H,20,26)/t14-/m1/s1. The zero-order valence-electron chi connectivity index (χ0n) is 16.0.